The first-order valence-electron chi connectivity index (χ1n) is 12.5. The Morgan fingerprint density at radius 3 is 2.70 bits per heavy atom. The van der Waals surface area contributed by atoms with Crippen LogP contribution in [0.2, 0.25) is 10.0 Å². The number of aromatic nitrogens is 2. The molecule has 2 aromatic heterocycles. The minimum atomic E-state index is -0.654. The van der Waals surface area contributed by atoms with Gasteiger partial charge in [0.25, 0.3) is 0 Å². The lowest BCUT2D eigenvalue weighted by molar-refractivity contribution is 0.0646. The summed E-state index contributed by atoms with van der Waals surface area (Å²) in [4.78, 5) is 18.1. The number of piperidine rings is 1. The summed E-state index contributed by atoms with van der Waals surface area (Å²) in [6.07, 6.45) is 5.86. The first-order chi connectivity index (χ1) is 17.4. The molecule has 4 N–H and O–H groups in total. The number of rotatable bonds is 6. The van der Waals surface area contributed by atoms with Crippen LogP contribution in [0.4, 0.5) is 15.0 Å². The van der Waals surface area contributed by atoms with Crippen molar-refractivity contribution < 1.29 is 13.9 Å². The normalized spacial score (nSPS) is 19.3. The van der Waals surface area contributed by atoms with E-state index in [1.807, 2.05) is 17.2 Å². The van der Waals surface area contributed by atoms with Crippen LogP contribution in [-0.2, 0) is 6.54 Å². The highest BCUT2D eigenvalue weighted by molar-refractivity contribution is 6.36. The fraction of sp³-hybridized carbons (Fsp3) is 0.481. The molecule has 0 bridgehead atoms. The molecule has 0 radical (unpaired) electrons. The van der Waals surface area contributed by atoms with Crippen LogP contribution in [0.3, 0.4) is 0 Å². The third-order valence-corrected chi connectivity index (χ3v) is 8.08. The van der Waals surface area contributed by atoms with Crippen molar-refractivity contribution in [3.63, 3.8) is 0 Å². The number of aryl methyl sites for hydroxylation is 1. The van der Waals surface area contributed by atoms with E-state index in [0.29, 0.717) is 28.8 Å². The molecular formula is C27H34Cl2FN5O2. The molecule has 2 amide bonds. The second-order valence-corrected chi connectivity index (χ2v) is 11.7. The van der Waals surface area contributed by atoms with Crippen molar-refractivity contribution in [3.05, 3.63) is 52.0 Å². The number of carbonyl (C=O) groups is 1. The van der Waals surface area contributed by atoms with E-state index in [4.69, 9.17) is 39.4 Å². The highest BCUT2D eigenvalue weighted by Crippen LogP contribution is 2.40. The lowest BCUT2D eigenvalue weighted by Crippen LogP contribution is -2.53. The van der Waals surface area contributed by atoms with E-state index in [0.717, 1.165) is 36.7 Å². The zero-order valence-corrected chi connectivity index (χ0v) is 23.1. The quantitative estimate of drug-likeness (QED) is 0.330. The Morgan fingerprint density at radius 2 is 2.03 bits per heavy atom. The summed E-state index contributed by atoms with van der Waals surface area (Å²) in [5.74, 6) is 0.532. The highest BCUT2D eigenvalue weighted by atomic mass is 35.5. The summed E-state index contributed by atoms with van der Waals surface area (Å²) in [5, 5.41) is 1.04. The summed E-state index contributed by atoms with van der Waals surface area (Å²) in [5.41, 5.74) is 13.0. The Bertz CT molecular complexity index is 1310. The maximum absolute atomic E-state index is 14.1. The number of likely N-dealkylation sites (tertiary alicyclic amines) is 1. The number of benzene rings is 1. The predicted octanol–water partition coefficient (Wildman–Crippen LogP) is 6.80. The number of nitrogens with zero attached hydrogens (tertiary/aromatic N) is 3. The van der Waals surface area contributed by atoms with E-state index >= 15 is 0 Å². The van der Waals surface area contributed by atoms with E-state index < -0.39 is 11.9 Å². The number of anilines is 1. The van der Waals surface area contributed by atoms with Crippen molar-refractivity contribution in [3.8, 4) is 5.75 Å². The molecule has 0 aliphatic carbocycles. The number of halogens is 3. The van der Waals surface area contributed by atoms with E-state index in [2.05, 4.69) is 30.3 Å². The zero-order chi connectivity index (χ0) is 27.1. The third kappa shape index (κ3) is 5.60. The van der Waals surface area contributed by atoms with Crippen LogP contribution in [0.5, 0.6) is 5.75 Å². The van der Waals surface area contributed by atoms with Gasteiger partial charge in [-0.05, 0) is 55.7 Å². The van der Waals surface area contributed by atoms with Gasteiger partial charge in [-0.1, -0.05) is 44.0 Å². The van der Waals surface area contributed by atoms with Gasteiger partial charge < -0.3 is 25.7 Å². The molecule has 1 saturated heterocycles. The number of nitrogen functional groups attached to an aromatic ring is 1. The average molecular weight is 551 g/mol. The third-order valence-electron chi connectivity index (χ3n) is 7.36. The molecule has 1 aliphatic heterocycles. The first kappa shape index (κ1) is 27.3. The lowest BCUT2D eigenvalue weighted by Gasteiger charge is -2.45. The average Bonchev–Trinajstić information content (AvgIpc) is 3.24. The van der Waals surface area contributed by atoms with Crippen LogP contribution in [0.15, 0.2) is 30.6 Å². The monoisotopic (exact) mass is 549 g/mol. The van der Waals surface area contributed by atoms with Gasteiger partial charge in [-0.15, -0.1) is 0 Å². The maximum atomic E-state index is 14.1. The zero-order valence-electron chi connectivity index (χ0n) is 21.6. The van der Waals surface area contributed by atoms with Crippen LogP contribution >= 0.6 is 23.2 Å². The van der Waals surface area contributed by atoms with Crippen molar-refractivity contribution >= 4 is 46.0 Å². The lowest BCUT2D eigenvalue weighted by atomic mass is 9.76. The Morgan fingerprint density at radius 1 is 1.30 bits per heavy atom. The van der Waals surface area contributed by atoms with Gasteiger partial charge in [-0.3, -0.25) is 0 Å². The highest BCUT2D eigenvalue weighted by Gasteiger charge is 2.37. The fourth-order valence-electron chi connectivity index (χ4n) is 5.32. The summed E-state index contributed by atoms with van der Waals surface area (Å²) in [7, 11) is 0. The van der Waals surface area contributed by atoms with E-state index in [9.17, 15) is 9.18 Å². The van der Waals surface area contributed by atoms with Gasteiger partial charge in [-0.2, -0.15) is 0 Å². The maximum Gasteiger partial charge on any atom is 0.315 e. The Balaban J connectivity index is 1.53. The largest absolute Gasteiger partial charge is 0.481 e. The number of fused-ring (bicyclic) bond motifs is 1. The van der Waals surface area contributed by atoms with Gasteiger partial charge in [0.15, 0.2) is 11.6 Å². The van der Waals surface area contributed by atoms with Crippen molar-refractivity contribution in [2.75, 3.05) is 12.3 Å². The molecule has 37 heavy (non-hydrogen) atoms. The Hall–Kier alpha value is -2.71. The van der Waals surface area contributed by atoms with E-state index in [1.54, 1.807) is 13.1 Å². The molecule has 3 heterocycles. The molecule has 200 valence electrons. The molecule has 3 aromatic rings. The van der Waals surface area contributed by atoms with Crippen molar-refractivity contribution in [1.82, 2.24) is 14.5 Å². The summed E-state index contributed by atoms with van der Waals surface area (Å²) < 4.78 is 22.4. The topological polar surface area (TPSA) is 99.4 Å². The van der Waals surface area contributed by atoms with Gasteiger partial charge in [0, 0.05) is 41.3 Å². The number of hydrogen-bond donors (Lipinski definition) is 2. The summed E-state index contributed by atoms with van der Waals surface area (Å²) >= 11 is 12.5. The minimum Gasteiger partial charge on any atom is -0.481 e. The van der Waals surface area contributed by atoms with Gasteiger partial charge in [0.1, 0.15) is 11.9 Å². The molecule has 1 aromatic carbocycles. The molecule has 1 aliphatic rings. The molecule has 2 unspecified atom stereocenters. The molecule has 0 spiro atoms. The number of primary amides is 1. The molecule has 10 heteroatoms. The number of amides is 2. The van der Waals surface area contributed by atoms with E-state index in [1.165, 1.54) is 12.1 Å². The van der Waals surface area contributed by atoms with Gasteiger partial charge in [0.05, 0.1) is 16.7 Å². The second-order valence-electron chi connectivity index (χ2n) is 10.9. The molecule has 7 nitrogen and oxygen atoms in total. The number of hydrogen-bond acceptors (Lipinski definition) is 4. The van der Waals surface area contributed by atoms with Crippen molar-refractivity contribution in [2.45, 2.75) is 65.6 Å². The first-order valence-corrected chi connectivity index (χ1v) is 13.2. The molecule has 0 saturated carbocycles. The molecule has 1 fully saturated rings. The molecular weight excluding hydrogens is 516 g/mol. The van der Waals surface area contributed by atoms with E-state index in [-0.39, 0.29) is 28.3 Å². The van der Waals surface area contributed by atoms with Crippen LogP contribution in [-0.4, -0.2) is 33.1 Å². The Labute approximate surface area is 226 Å². The summed E-state index contributed by atoms with van der Waals surface area (Å²) in [6, 6.07) is 4.38. The fourth-order valence-corrected chi connectivity index (χ4v) is 6.00. The van der Waals surface area contributed by atoms with Crippen LogP contribution in [0.25, 0.3) is 10.9 Å². The number of urea groups is 1. The summed E-state index contributed by atoms with van der Waals surface area (Å²) in [6.45, 7) is 9.65. The number of nitrogens with two attached hydrogens (primary N) is 2. The van der Waals surface area contributed by atoms with Gasteiger partial charge in [-0.25, -0.2) is 14.2 Å². The second kappa shape index (κ2) is 10.6. The minimum absolute atomic E-state index is 0.0499. The van der Waals surface area contributed by atoms with Crippen LogP contribution in [0.1, 0.15) is 58.6 Å². The van der Waals surface area contributed by atoms with Crippen LogP contribution < -0.4 is 16.2 Å². The molecule has 4 rings (SSSR count). The SMILES string of the molecule is C[C@@H](Oc1c(N)ncc2c1ccn2CCC1CCN(C(N)=O)C(C(C)(C)C)C1)c1c(Cl)ccc(F)c1Cl. The smallest absolute Gasteiger partial charge is 0.315 e. The van der Waals surface area contributed by atoms with Gasteiger partial charge >= 0.3 is 6.03 Å². The standard InChI is InChI=1S/C27H34Cl2FN5O2/c1-15(22-18(28)5-6-19(30)23(22)29)37-24-17-9-11-34(20(17)14-33-25(24)31)10-7-16-8-12-35(26(32)36)21(13-16)27(2,3)4/h5-6,9,11,14-16,21H,7-8,10,12-13H2,1-4H3,(H2,31,33)(H2,32,36)/t15-,16?,21?/m1/s1. The van der Waals surface area contributed by atoms with Gasteiger partial charge in [0.2, 0.25) is 0 Å². The van der Waals surface area contributed by atoms with Crippen LogP contribution in [0, 0.1) is 17.2 Å². The van der Waals surface area contributed by atoms with Crippen molar-refractivity contribution in [1.29, 1.82) is 0 Å². The Kier molecular flexibility index (Phi) is 7.81. The number of pyridine rings is 1. The number of ether oxygens (including phenoxy) is 1. The van der Waals surface area contributed by atoms with Crippen molar-refractivity contribution in [2.24, 2.45) is 17.1 Å². The molecule has 3 atom stereocenters. The number of carbonyl (C=O) groups excluding carboxylic acids is 1. The predicted molar refractivity (Wildman–Crippen MR) is 146 cm³/mol.